The molecule has 2 N–H and O–H groups in total. The molecule has 1 rings (SSSR count). The van der Waals surface area contributed by atoms with Crippen molar-refractivity contribution in [2.24, 2.45) is 11.8 Å². The van der Waals surface area contributed by atoms with Gasteiger partial charge in [0.1, 0.15) is 0 Å². The van der Waals surface area contributed by atoms with E-state index in [4.69, 9.17) is 5.11 Å². The van der Waals surface area contributed by atoms with E-state index in [0.29, 0.717) is 6.42 Å². The second-order valence-electron chi connectivity index (χ2n) is 4.42. The third-order valence-corrected chi connectivity index (χ3v) is 2.88. The minimum Gasteiger partial charge on any atom is -0.481 e. The van der Waals surface area contributed by atoms with Crippen LogP contribution in [-0.4, -0.2) is 23.0 Å². The number of carbonyl (C=O) groups excluding carboxylic acids is 1. The number of carboxylic acids is 1. The van der Waals surface area contributed by atoms with Crippen LogP contribution in [0.5, 0.6) is 0 Å². The van der Waals surface area contributed by atoms with Crippen LogP contribution in [0, 0.1) is 11.8 Å². The predicted octanol–water partition coefficient (Wildman–Crippen LogP) is 1.57. The highest BCUT2D eigenvalue weighted by molar-refractivity contribution is 5.89. The summed E-state index contributed by atoms with van der Waals surface area (Å²) in [5.41, 5.74) is 0. The van der Waals surface area contributed by atoms with Crippen LogP contribution in [0.1, 0.15) is 32.6 Å². The number of hydrogen-bond acceptors (Lipinski definition) is 2. The molecular weight excluding hydrogens is 206 g/mol. The minimum absolute atomic E-state index is 0.112. The first kappa shape index (κ1) is 12.7. The zero-order valence-electron chi connectivity index (χ0n) is 9.61. The van der Waals surface area contributed by atoms with Crippen LogP contribution in [-0.2, 0) is 9.59 Å². The molecule has 4 nitrogen and oxygen atoms in total. The lowest BCUT2D eigenvalue weighted by atomic mass is 10.1. The Bertz CT molecular complexity index is 288. The first-order valence-corrected chi connectivity index (χ1v) is 5.70. The van der Waals surface area contributed by atoms with Gasteiger partial charge in [-0.15, -0.1) is 6.58 Å². The summed E-state index contributed by atoms with van der Waals surface area (Å²) >= 11 is 0. The molecule has 0 aromatic carbocycles. The Hall–Kier alpha value is -1.32. The van der Waals surface area contributed by atoms with Gasteiger partial charge in [-0.1, -0.05) is 6.08 Å². The fourth-order valence-electron chi connectivity index (χ4n) is 1.75. The van der Waals surface area contributed by atoms with Gasteiger partial charge in [0.15, 0.2) is 0 Å². The summed E-state index contributed by atoms with van der Waals surface area (Å²) < 4.78 is 0. The van der Waals surface area contributed by atoms with Gasteiger partial charge in [-0.05, 0) is 32.6 Å². The number of nitrogens with one attached hydrogen (secondary N) is 1. The number of aliphatic carboxylic acids is 1. The van der Waals surface area contributed by atoms with Gasteiger partial charge < -0.3 is 10.4 Å². The normalized spacial score (nSPS) is 24.6. The largest absolute Gasteiger partial charge is 0.481 e. The highest BCUT2D eigenvalue weighted by atomic mass is 16.4. The second-order valence-corrected chi connectivity index (χ2v) is 4.42. The molecule has 1 amide bonds. The Morgan fingerprint density at radius 3 is 2.75 bits per heavy atom. The second kappa shape index (κ2) is 5.68. The first-order valence-electron chi connectivity index (χ1n) is 5.70. The van der Waals surface area contributed by atoms with Gasteiger partial charge in [0.05, 0.1) is 11.8 Å². The molecule has 0 radical (unpaired) electrons. The minimum atomic E-state index is -0.862. The summed E-state index contributed by atoms with van der Waals surface area (Å²) in [6, 6.07) is 0.113. The van der Waals surface area contributed by atoms with Gasteiger partial charge in [-0.3, -0.25) is 9.59 Å². The fourth-order valence-corrected chi connectivity index (χ4v) is 1.75. The Morgan fingerprint density at radius 2 is 2.25 bits per heavy atom. The van der Waals surface area contributed by atoms with Crippen LogP contribution < -0.4 is 5.32 Å². The smallest absolute Gasteiger partial charge is 0.307 e. The molecule has 1 aliphatic carbocycles. The molecule has 1 aliphatic rings. The van der Waals surface area contributed by atoms with Crippen LogP contribution in [0.25, 0.3) is 0 Å². The molecule has 0 saturated heterocycles. The van der Waals surface area contributed by atoms with Crippen molar-refractivity contribution in [2.45, 2.75) is 38.6 Å². The van der Waals surface area contributed by atoms with Crippen molar-refractivity contribution in [2.75, 3.05) is 0 Å². The SMILES string of the molecule is C=CCCCC(C)NC(=O)C1CC1C(=O)O. The number of unbranched alkanes of at least 4 members (excludes halogenated alkanes) is 1. The maximum Gasteiger partial charge on any atom is 0.307 e. The van der Waals surface area contributed by atoms with Gasteiger partial charge >= 0.3 is 5.97 Å². The van der Waals surface area contributed by atoms with Gasteiger partial charge in [0.25, 0.3) is 0 Å². The molecule has 3 unspecified atom stereocenters. The lowest BCUT2D eigenvalue weighted by Gasteiger charge is -2.12. The lowest BCUT2D eigenvalue weighted by Crippen LogP contribution is -2.34. The number of carbonyl (C=O) groups is 2. The van der Waals surface area contributed by atoms with Gasteiger partial charge in [0.2, 0.25) is 5.91 Å². The van der Waals surface area contributed by atoms with Crippen molar-refractivity contribution < 1.29 is 14.7 Å². The third kappa shape index (κ3) is 3.68. The summed E-state index contributed by atoms with van der Waals surface area (Å²) in [6.07, 6.45) is 5.19. The summed E-state index contributed by atoms with van der Waals surface area (Å²) in [7, 11) is 0. The van der Waals surface area contributed by atoms with E-state index < -0.39 is 11.9 Å². The molecule has 0 spiro atoms. The monoisotopic (exact) mass is 225 g/mol. The highest BCUT2D eigenvalue weighted by Crippen LogP contribution is 2.38. The van der Waals surface area contributed by atoms with Gasteiger partial charge in [0, 0.05) is 6.04 Å². The van der Waals surface area contributed by atoms with Crippen LogP contribution in [0.3, 0.4) is 0 Å². The van der Waals surface area contributed by atoms with Crippen molar-refractivity contribution >= 4 is 11.9 Å². The van der Waals surface area contributed by atoms with Crippen molar-refractivity contribution in [1.29, 1.82) is 0 Å². The number of allylic oxidation sites excluding steroid dienone is 1. The van der Waals surface area contributed by atoms with E-state index in [0.717, 1.165) is 19.3 Å². The molecule has 90 valence electrons. The quantitative estimate of drug-likeness (QED) is 0.510. The number of rotatable bonds is 7. The molecule has 0 heterocycles. The van der Waals surface area contributed by atoms with Crippen LogP contribution >= 0.6 is 0 Å². The maximum absolute atomic E-state index is 11.6. The third-order valence-electron chi connectivity index (χ3n) is 2.88. The van der Waals surface area contributed by atoms with E-state index in [9.17, 15) is 9.59 Å². The van der Waals surface area contributed by atoms with E-state index >= 15 is 0 Å². The molecule has 0 bridgehead atoms. The molecule has 1 saturated carbocycles. The lowest BCUT2D eigenvalue weighted by molar-refractivity contribution is -0.140. The van der Waals surface area contributed by atoms with Crippen molar-refractivity contribution in [3.05, 3.63) is 12.7 Å². The molecule has 16 heavy (non-hydrogen) atoms. The van der Waals surface area contributed by atoms with Crippen LogP contribution in [0.2, 0.25) is 0 Å². The molecule has 3 atom stereocenters. The standard InChI is InChI=1S/C12H19NO3/c1-3-4-5-6-8(2)13-11(14)9-7-10(9)12(15)16/h3,8-10H,1,4-7H2,2H3,(H,13,14)(H,15,16). The summed E-state index contributed by atoms with van der Waals surface area (Å²) in [5, 5.41) is 11.5. The molecule has 1 fully saturated rings. The van der Waals surface area contributed by atoms with E-state index in [2.05, 4.69) is 11.9 Å². The Morgan fingerprint density at radius 1 is 1.56 bits per heavy atom. The molecule has 4 heteroatoms. The fraction of sp³-hybridized carbons (Fsp3) is 0.667. The maximum atomic E-state index is 11.6. The number of hydrogen-bond donors (Lipinski definition) is 2. The summed E-state index contributed by atoms with van der Waals surface area (Å²) in [5.74, 6) is -1.74. The number of amides is 1. The molecule has 0 aliphatic heterocycles. The van der Waals surface area contributed by atoms with Crippen molar-refractivity contribution in [3.63, 3.8) is 0 Å². The van der Waals surface area contributed by atoms with Crippen molar-refractivity contribution in [1.82, 2.24) is 5.32 Å². The van der Waals surface area contributed by atoms with Gasteiger partial charge in [-0.2, -0.15) is 0 Å². The molecule has 0 aromatic heterocycles. The molecule has 0 aromatic rings. The van der Waals surface area contributed by atoms with E-state index in [1.54, 1.807) is 0 Å². The topological polar surface area (TPSA) is 66.4 Å². The first-order chi connectivity index (χ1) is 7.56. The Labute approximate surface area is 95.7 Å². The van der Waals surface area contributed by atoms with E-state index in [-0.39, 0.29) is 17.9 Å². The summed E-state index contributed by atoms with van der Waals surface area (Å²) in [4.78, 5) is 22.2. The predicted molar refractivity (Wildman–Crippen MR) is 60.9 cm³/mol. The Balaban J connectivity index is 2.19. The average Bonchev–Trinajstić information content (AvgIpc) is 2.97. The number of carboxylic acid groups (broad SMARTS) is 1. The highest BCUT2D eigenvalue weighted by Gasteiger charge is 2.48. The van der Waals surface area contributed by atoms with Crippen molar-refractivity contribution in [3.8, 4) is 0 Å². The zero-order chi connectivity index (χ0) is 12.1. The van der Waals surface area contributed by atoms with Gasteiger partial charge in [-0.25, -0.2) is 0 Å². The average molecular weight is 225 g/mol. The van der Waals surface area contributed by atoms with Crippen LogP contribution in [0.15, 0.2) is 12.7 Å². The van der Waals surface area contributed by atoms with Crippen LogP contribution in [0.4, 0.5) is 0 Å². The summed E-state index contributed by atoms with van der Waals surface area (Å²) in [6.45, 7) is 5.58. The molecular formula is C12H19NO3. The van der Waals surface area contributed by atoms with E-state index in [1.807, 2.05) is 13.0 Å². The zero-order valence-corrected chi connectivity index (χ0v) is 9.61. The van der Waals surface area contributed by atoms with E-state index in [1.165, 1.54) is 0 Å². The Kier molecular flexibility index (Phi) is 4.52.